The topological polar surface area (TPSA) is 475 Å². The van der Waals surface area contributed by atoms with Gasteiger partial charge in [-0.05, 0) is 169 Å². The van der Waals surface area contributed by atoms with Gasteiger partial charge in [0.25, 0.3) is 35.3 Å². The fraction of sp³-hybridized carbons (Fsp3) is 0.424. The maximum Gasteiger partial charge on any atom is 0.260 e. The summed E-state index contributed by atoms with van der Waals surface area (Å²) in [5, 5.41) is 64.0. The van der Waals surface area contributed by atoms with E-state index in [1.54, 1.807) is 33.2 Å². The summed E-state index contributed by atoms with van der Waals surface area (Å²) in [4.78, 5) is 43.1. The Labute approximate surface area is 820 Å². The van der Waals surface area contributed by atoms with Gasteiger partial charge in [-0.15, -0.1) is 30.6 Å². The SMILES string of the molecule is N=C1C=C(N)C(=Nc2c(OCCCN3CCCCC3)nn3ccccc23)N=C1Nc1c(OCCCN2CCCCC2)nn2ccccc12.N=C1C=C(N)C(=Nc2c(OCCCN3CCOCC3)nn3ccccc23)N=C1Nc1c(OCCCN2CCOCC2)nn2ccccc12.N=C1C=C(N)C(=Nc2c(OCCN3CCOCC3)nn3ccccc23)N=C1Nc1c(OCCN2CCOCC2)nn2ccccc12. The van der Waals surface area contributed by atoms with Crippen LogP contribution in [0.15, 0.2) is 212 Å². The molecule has 0 radical (unpaired) electrons. The number of hydrogen-bond donors (Lipinski definition) is 9. The standard InChI is InChI=1S/C35H45N11O2.C33H41N11O4.C31H37N11O4/c36-26-25-27(37)33(39-31-29-14-4-10-22-46(29)42-35(31)48-24-12-20-44-17-7-2-8-18-44)40-32(26)38-30-28-13-3-9-21-45(28)41-34(30)47-23-11-19-43-15-5-1-6-16-43;34-24-23-25(35)31(37-29-27-8-2-4-12-44(27)40-33(29)48-18-6-10-42-15-21-46-22-16-42)38-30(24)36-28-26-7-1-3-11-43(26)39-32(28)47-17-5-9-41-13-19-45-20-14-41;32-22-21-23(33)29(35-27-25-6-2-4-8-42(25)38-31(27)46-20-14-40-11-17-44-18-12-40)36-28(22)34-26-24-5-1-3-7-41(24)37-30(26)45-19-13-39-9-15-43-16-10-39/h3-4,9-10,13-14,21-22,25,36H,1-2,5-8,11-12,15-20,23-24,37H2,(H,38,39,40);1-4,7-8,11-12,23,34H,5-6,9-10,13-22,35H2,(H,36,37,38);1-8,21,32H,9-20,33H2,(H,34,35,36). The molecule has 43 heteroatoms. The molecule has 21 rings (SSSR count). The number of fused-ring (bicyclic) bond motifs is 6. The number of dihydropyridines is 3. The monoisotopic (exact) mass is 1930 g/mol. The van der Waals surface area contributed by atoms with Crippen LogP contribution in [0.1, 0.15) is 64.2 Å². The minimum Gasteiger partial charge on any atom is -0.475 e. The minimum absolute atomic E-state index is 0.104. The second-order valence-corrected chi connectivity index (χ2v) is 35.4. The predicted molar refractivity (Wildman–Crippen MR) is 547 cm³/mol. The Bertz CT molecular complexity index is 6450. The third-order valence-electron chi connectivity index (χ3n) is 25.5. The van der Waals surface area contributed by atoms with Crippen molar-refractivity contribution in [2.45, 2.75) is 64.2 Å². The predicted octanol–water partition coefficient (Wildman–Crippen LogP) is 9.33. The van der Waals surface area contributed by atoms with Crippen molar-refractivity contribution in [3.05, 3.63) is 182 Å². The average molecular weight is 1940 g/mol. The molecule has 43 nitrogen and oxygen atoms in total. The molecule has 142 heavy (non-hydrogen) atoms. The molecule has 0 aromatic carbocycles. The van der Waals surface area contributed by atoms with Gasteiger partial charge in [-0.3, -0.25) is 35.8 Å². The quantitative estimate of drug-likeness (QED) is 0.0169. The summed E-state index contributed by atoms with van der Waals surface area (Å²) < 4.78 is 69.4. The maximum atomic E-state index is 8.73. The second-order valence-electron chi connectivity index (χ2n) is 35.4. The zero-order chi connectivity index (χ0) is 96.7. The van der Waals surface area contributed by atoms with Crippen molar-refractivity contribution in [3.8, 4) is 35.3 Å². The van der Waals surface area contributed by atoms with Crippen molar-refractivity contribution in [1.82, 2.24) is 87.1 Å². The average Bonchev–Trinajstić information content (AvgIpc) is 1.63. The molecule has 9 aliphatic heterocycles. The first-order chi connectivity index (χ1) is 69.9. The highest BCUT2D eigenvalue weighted by atomic mass is 16.5. The summed E-state index contributed by atoms with van der Waals surface area (Å²) in [7, 11) is 0. The Balaban J connectivity index is 0.000000135. The van der Waals surface area contributed by atoms with Gasteiger partial charge < -0.3 is 90.3 Å². The largest absolute Gasteiger partial charge is 0.475 e. The summed E-state index contributed by atoms with van der Waals surface area (Å²) in [6.45, 7) is 26.0. The summed E-state index contributed by atoms with van der Waals surface area (Å²) in [6.07, 6.45) is 27.0. The molecule has 0 unspecified atom stereocenters. The van der Waals surface area contributed by atoms with Crippen LogP contribution in [0.2, 0.25) is 0 Å². The van der Waals surface area contributed by atoms with Crippen molar-refractivity contribution in [2.75, 3.05) is 226 Å². The van der Waals surface area contributed by atoms with Crippen LogP contribution in [0.25, 0.3) is 33.1 Å². The van der Waals surface area contributed by atoms with Gasteiger partial charge in [0.15, 0.2) is 52.1 Å². The molecule has 6 fully saturated rings. The number of anilines is 3. The molecule has 0 bridgehead atoms. The van der Waals surface area contributed by atoms with E-state index in [1.807, 2.05) is 146 Å². The van der Waals surface area contributed by atoms with E-state index in [2.05, 4.69) is 75.9 Å². The van der Waals surface area contributed by atoms with Gasteiger partial charge in [0.2, 0.25) is 0 Å². The molecule has 12 aromatic heterocycles. The van der Waals surface area contributed by atoms with E-state index in [1.165, 1.54) is 50.7 Å². The molecule has 0 saturated carbocycles. The molecule has 12 aromatic rings. The van der Waals surface area contributed by atoms with Crippen LogP contribution >= 0.6 is 0 Å². The lowest BCUT2D eigenvalue weighted by molar-refractivity contribution is 0.0319. The van der Waals surface area contributed by atoms with Gasteiger partial charge >= 0.3 is 0 Å². The van der Waals surface area contributed by atoms with E-state index >= 15 is 0 Å². The minimum atomic E-state index is 0.104. The number of morpholine rings is 4. The number of nitrogens with two attached hydrogens (primary N) is 3. The lowest BCUT2D eigenvalue weighted by Gasteiger charge is -2.26. The lowest BCUT2D eigenvalue weighted by atomic mass is 10.1. The van der Waals surface area contributed by atoms with Crippen molar-refractivity contribution < 1.29 is 47.4 Å². The Morgan fingerprint density at radius 3 is 0.803 bits per heavy atom. The van der Waals surface area contributed by atoms with Crippen LogP contribution in [-0.4, -0.2) is 350 Å². The van der Waals surface area contributed by atoms with E-state index in [0.29, 0.717) is 115 Å². The summed E-state index contributed by atoms with van der Waals surface area (Å²) in [6, 6.07) is 34.6. The number of amidine groups is 6. The molecular formula is C99H123N33O10. The normalized spacial score (nSPS) is 18.8. The maximum absolute atomic E-state index is 8.73. The zero-order valence-corrected chi connectivity index (χ0v) is 79.8. The number of aromatic nitrogens is 12. The first kappa shape index (κ1) is 96.5. The number of piperidine rings is 2. The van der Waals surface area contributed by atoms with Gasteiger partial charge in [0.05, 0.1) is 147 Å². The third-order valence-corrected chi connectivity index (χ3v) is 25.5. The van der Waals surface area contributed by atoms with Crippen molar-refractivity contribution in [1.29, 1.82) is 16.2 Å². The number of rotatable bonds is 34. The molecule has 9 aliphatic rings. The Kier molecular flexibility index (Phi) is 32.1. The molecular weight excluding hydrogens is 1810 g/mol. The van der Waals surface area contributed by atoms with Crippen LogP contribution < -0.4 is 61.6 Å². The molecule has 21 heterocycles. The first-order valence-electron chi connectivity index (χ1n) is 49.2. The van der Waals surface area contributed by atoms with Gasteiger partial charge in [-0.25, -0.2) is 57.0 Å². The molecule has 0 aliphatic carbocycles. The number of likely N-dealkylation sites (tertiary alicyclic amines) is 2. The van der Waals surface area contributed by atoms with Gasteiger partial charge in [0, 0.05) is 129 Å². The van der Waals surface area contributed by atoms with Crippen LogP contribution in [0.3, 0.4) is 0 Å². The summed E-state index contributed by atoms with van der Waals surface area (Å²) in [5.41, 5.74) is 28.4. The van der Waals surface area contributed by atoms with Gasteiger partial charge in [-0.1, -0.05) is 49.2 Å². The number of ether oxygens (including phenoxy) is 10. The number of nitrogens with zero attached hydrogens (tertiary/aromatic N) is 24. The van der Waals surface area contributed by atoms with Crippen LogP contribution in [0, 0.1) is 16.2 Å². The molecule has 744 valence electrons. The number of nitrogens with one attached hydrogen (secondary N) is 6. The smallest absolute Gasteiger partial charge is 0.260 e. The third kappa shape index (κ3) is 24.2. The van der Waals surface area contributed by atoms with Crippen LogP contribution in [0.5, 0.6) is 35.3 Å². The second kappa shape index (κ2) is 47.2. The van der Waals surface area contributed by atoms with E-state index in [-0.39, 0.29) is 63.4 Å². The van der Waals surface area contributed by atoms with Gasteiger partial charge in [-0.2, -0.15) is 0 Å². The van der Waals surface area contributed by atoms with Crippen molar-refractivity contribution in [3.63, 3.8) is 0 Å². The summed E-state index contributed by atoms with van der Waals surface area (Å²) in [5.74, 6) is 4.06. The Morgan fingerprint density at radius 1 is 0.282 bits per heavy atom. The number of aliphatic imine (C=N–C) groups is 6. The molecule has 6 saturated heterocycles. The lowest BCUT2D eigenvalue weighted by Crippen LogP contribution is -2.38. The molecule has 0 amide bonds. The molecule has 0 spiro atoms. The number of pyridine rings is 6. The van der Waals surface area contributed by atoms with Crippen molar-refractivity contribution in [2.24, 2.45) is 47.2 Å². The fourth-order valence-corrected chi connectivity index (χ4v) is 17.9. The van der Waals surface area contributed by atoms with Crippen LogP contribution in [0.4, 0.5) is 34.1 Å². The fourth-order valence-electron chi connectivity index (χ4n) is 17.9. The summed E-state index contributed by atoms with van der Waals surface area (Å²) >= 11 is 0. The highest BCUT2D eigenvalue weighted by molar-refractivity contribution is 6.54. The van der Waals surface area contributed by atoms with E-state index in [4.69, 9.17) is 111 Å². The Hall–Kier alpha value is -14.4. The zero-order valence-electron chi connectivity index (χ0n) is 79.8. The first-order valence-corrected chi connectivity index (χ1v) is 49.2. The van der Waals surface area contributed by atoms with E-state index in [0.717, 1.165) is 229 Å². The van der Waals surface area contributed by atoms with E-state index in [9.17, 15) is 0 Å². The van der Waals surface area contributed by atoms with Crippen LogP contribution in [-0.2, 0) is 18.9 Å². The van der Waals surface area contributed by atoms with Crippen molar-refractivity contribution >= 4 is 119 Å². The molecule has 0 atom stereocenters. The Morgan fingerprint density at radius 2 is 0.514 bits per heavy atom. The highest BCUT2D eigenvalue weighted by Gasteiger charge is 2.31. The molecule has 12 N–H and O–H groups in total. The van der Waals surface area contributed by atoms with E-state index < -0.39 is 0 Å². The van der Waals surface area contributed by atoms with Gasteiger partial charge in [0.1, 0.15) is 30.3 Å². The highest BCUT2D eigenvalue weighted by Crippen LogP contribution is 2.39. The number of hydrogen-bond acceptors (Lipinski definition) is 34.